The molecule has 0 aliphatic carbocycles. The topological polar surface area (TPSA) is 85.6 Å². The van der Waals surface area contributed by atoms with Crippen LogP contribution in [0.25, 0.3) is 0 Å². The molecule has 0 spiro atoms. The van der Waals surface area contributed by atoms with Crippen molar-refractivity contribution in [3.63, 3.8) is 0 Å². The molecule has 3 atom stereocenters. The van der Waals surface area contributed by atoms with E-state index >= 15 is 0 Å². The predicted octanol–water partition coefficient (Wildman–Crippen LogP) is 2.26. The van der Waals surface area contributed by atoms with Crippen molar-refractivity contribution in [2.45, 2.75) is 33.3 Å². The lowest BCUT2D eigenvalue weighted by Gasteiger charge is -2.36. The molecule has 7 nitrogen and oxygen atoms in total. The summed E-state index contributed by atoms with van der Waals surface area (Å²) in [5.74, 6) is 0.408. The quantitative estimate of drug-likeness (QED) is 0.629. The summed E-state index contributed by atoms with van der Waals surface area (Å²) < 4.78 is 5.50. The zero-order valence-electron chi connectivity index (χ0n) is 13.1. The van der Waals surface area contributed by atoms with Gasteiger partial charge in [-0.3, -0.25) is 4.79 Å². The molecule has 2 rings (SSSR count). The SMILES string of the molecule is C[C@@H]1C[C@H](C)CN(C(=O)[C@@H](C)Oc2cccnc2[N+](=O)[O-])C1. The van der Waals surface area contributed by atoms with Crippen molar-refractivity contribution in [1.29, 1.82) is 0 Å². The monoisotopic (exact) mass is 307 g/mol. The van der Waals surface area contributed by atoms with Crippen LogP contribution in [0.4, 0.5) is 5.82 Å². The average molecular weight is 307 g/mol. The van der Waals surface area contributed by atoms with Gasteiger partial charge in [0.1, 0.15) is 6.20 Å². The summed E-state index contributed by atoms with van der Waals surface area (Å²) in [7, 11) is 0. The molecule has 1 aromatic heterocycles. The van der Waals surface area contributed by atoms with Crippen LogP contribution in [0.15, 0.2) is 18.3 Å². The van der Waals surface area contributed by atoms with Crippen molar-refractivity contribution in [2.24, 2.45) is 11.8 Å². The minimum absolute atomic E-state index is 0.0199. The van der Waals surface area contributed by atoms with Gasteiger partial charge >= 0.3 is 5.82 Å². The Morgan fingerprint density at radius 1 is 1.45 bits per heavy atom. The van der Waals surface area contributed by atoms with Crippen LogP contribution in [0, 0.1) is 22.0 Å². The van der Waals surface area contributed by atoms with E-state index in [0.717, 1.165) is 6.42 Å². The molecular weight excluding hydrogens is 286 g/mol. The minimum atomic E-state index is -0.777. The second-order valence-electron chi connectivity index (χ2n) is 6.03. The largest absolute Gasteiger partial charge is 0.473 e. The second kappa shape index (κ2) is 6.72. The van der Waals surface area contributed by atoms with Crippen LogP contribution in [0.1, 0.15) is 27.2 Å². The maximum Gasteiger partial charge on any atom is 0.406 e. The molecule has 1 aliphatic rings. The molecule has 0 bridgehead atoms. The van der Waals surface area contributed by atoms with E-state index in [1.807, 2.05) is 0 Å². The number of aromatic nitrogens is 1. The molecule has 0 saturated carbocycles. The molecule has 7 heteroatoms. The Kier molecular flexibility index (Phi) is 4.95. The highest BCUT2D eigenvalue weighted by atomic mass is 16.6. The third-order valence-corrected chi connectivity index (χ3v) is 3.76. The average Bonchev–Trinajstić information content (AvgIpc) is 2.45. The van der Waals surface area contributed by atoms with Crippen LogP contribution in [0.3, 0.4) is 0 Å². The smallest absolute Gasteiger partial charge is 0.406 e. The Hall–Kier alpha value is -2.18. The van der Waals surface area contributed by atoms with Gasteiger partial charge in [0.05, 0.1) is 0 Å². The number of piperidine rings is 1. The Labute approximate surface area is 129 Å². The number of hydrogen-bond donors (Lipinski definition) is 0. The molecular formula is C15H21N3O4. The number of likely N-dealkylation sites (tertiary alicyclic amines) is 1. The first-order valence-electron chi connectivity index (χ1n) is 7.43. The normalized spacial score (nSPS) is 23.0. The summed E-state index contributed by atoms with van der Waals surface area (Å²) in [5.41, 5.74) is 0. The summed E-state index contributed by atoms with van der Waals surface area (Å²) >= 11 is 0. The zero-order chi connectivity index (χ0) is 16.3. The fraction of sp³-hybridized carbons (Fsp3) is 0.600. The molecule has 0 radical (unpaired) electrons. The molecule has 2 heterocycles. The Bertz CT molecular complexity index is 553. The number of carbonyl (C=O) groups excluding carboxylic acids is 1. The lowest BCUT2D eigenvalue weighted by molar-refractivity contribution is -0.390. The summed E-state index contributed by atoms with van der Waals surface area (Å²) in [5, 5.41) is 10.9. The van der Waals surface area contributed by atoms with Crippen LogP contribution in [0.2, 0.25) is 0 Å². The van der Waals surface area contributed by atoms with Gasteiger partial charge < -0.3 is 19.8 Å². The van der Waals surface area contributed by atoms with Gasteiger partial charge in [0.15, 0.2) is 6.10 Å². The maximum absolute atomic E-state index is 12.5. The summed E-state index contributed by atoms with van der Waals surface area (Å²) in [4.78, 5) is 28.3. The second-order valence-corrected chi connectivity index (χ2v) is 6.03. The fourth-order valence-electron chi connectivity index (χ4n) is 2.95. The number of rotatable bonds is 4. The molecule has 0 aromatic carbocycles. The van der Waals surface area contributed by atoms with Crippen molar-refractivity contribution in [1.82, 2.24) is 9.88 Å². The molecule has 120 valence electrons. The van der Waals surface area contributed by atoms with Crippen LogP contribution >= 0.6 is 0 Å². The highest BCUT2D eigenvalue weighted by Crippen LogP contribution is 2.26. The molecule has 1 aromatic rings. The summed E-state index contributed by atoms with van der Waals surface area (Å²) in [6.45, 7) is 7.25. The van der Waals surface area contributed by atoms with E-state index in [1.165, 1.54) is 12.3 Å². The van der Waals surface area contributed by atoms with Crippen LogP contribution < -0.4 is 4.74 Å². The first kappa shape index (κ1) is 16.2. The number of hydrogen-bond acceptors (Lipinski definition) is 5. The number of nitrogens with zero attached hydrogens (tertiary/aromatic N) is 3. The van der Waals surface area contributed by atoms with Gasteiger partial charge in [-0.25, -0.2) is 0 Å². The standard InChI is InChI=1S/C15H21N3O4/c1-10-7-11(2)9-17(8-10)15(19)12(3)22-13-5-4-6-16-14(13)18(20)21/h4-6,10-12H,7-9H2,1-3H3/t10-,11+,12-/m1/s1. The summed E-state index contributed by atoms with van der Waals surface area (Å²) in [6.07, 6.45) is 1.65. The first-order valence-corrected chi connectivity index (χ1v) is 7.43. The predicted molar refractivity (Wildman–Crippen MR) is 80.5 cm³/mol. The van der Waals surface area contributed by atoms with E-state index in [9.17, 15) is 14.9 Å². The van der Waals surface area contributed by atoms with Crippen molar-refractivity contribution >= 4 is 11.7 Å². The molecule has 0 N–H and O–H groups in total. The number of amides is 1. The van der Waals surface area contributed by atoms with E-state index in [4.69, 9.17) is 4.74 Å². The van der Waals surface area contributed by atoms with Gasteiger partial charge in [-0.2, -0.15) is 0 Å². The van der Waals surface area contributed by atoms with Crippen LogP contribution in [0.5, 0.6) is 5.75 Å². The van der Waals surface area contributed by atoms with Crippen LogP contribution in [-0.2, 0) is 4.79 Å². The molecule has 1 saturated heterocycles. The van der Waals surface area contributed by atoms with Gasteiger partial charge in [-0.15, -0.1) is 0 Å². The first-order chi connectivity index (χ1) is 10.4. The van der Waals surface area contributed by atoms with E-state index in [1.54, 1.807) is 17.9 Å². The van der Waals surface area contributed by atoms with Crippen molar-refractivity contribution in [3.05, 3.63) is 28.4 Å². The van der Waals surface area contributed by atoms with Gasteiger partial charge in [0.25, 0.3) is 5.91 Å². The number of nitro groups is 1. The number of pyridine rings is 1. The third-order valence-electron chi connectivity index (χ3n) is 3.76. The van der Waals surface area contributed by atoms with E-state index in [0.29, 0.717) is 24.9 Å². The van der Waals surface area contributed by atoms with Gasteiger partial charge in [-0.05, 0) is 47.2 Å². The molecule has 0 unspecified atom stereocenters. The highest BCUT2D eigenvalue weighted by molar-refractivity contribution is 5.81. The van der Waals surface area contributed by atoms with Gasteiger partial charge in [0, 0.05) is 13.1 Å². The lowest BCUT2D eigenvalue weighted by Crippen LogP contribution is -2.47. The molecule has 1 fully saturated rings. The van der Waals surface area contributed by atoms with Crippen molar-refractivity contribution in [2.75, 3.05) is 13.1 Å². The molecule has 22 heavy (non-hydrogen) atoms. The van der Waals surface area contributed by atoms with Crippen molar-refractivity contribution in [3.8, 4) is 5.75 Å². The Morgan fingerprint density at radius 2 is 2.09 bits per heavy atom. The minimum Gasteiger partial charge on any atom is -0.473 e. The Morgan fingerprint density at radius 3 is 2.68 bits per heavy atom. The van der Waals surface area contributed by atoms with E-state index in [-0.39, 0.29) is 17.5 Å². The van der Waals surface area contributed by atoms with E-state index < -0.39 is 11.0 Å². The van der Waals surface area contributed by atoms with Crippen LogP contribution in [-0.4, -0.2) is 39.9 Å². The van der Waals surface area contributed by atoms with Gasteiger partial charge in [0.2, 0.25) is 5.75 Å². The number of carbonyl (C=O) groups is 1. The van der Waals surface area contributed by atoms with Crippen molar-refractivity contribution < 1.29 is 14.5 Å². The third kappa shape index (κ3) is 3.72. The molecule has 1 amide bonds. The highest BCUT2D eigenvalue weighted by Gasteiger charge is 2.30. The molecule has 1 aliphatic heterocycles. The zero-order valence-corrected chi connectivity index (χ0v) is 13.1. The fourth-order valence-corrected chi connectivity index (χ4v) is 2.95. The number of ether oxygens (including phenoxy) is 1. The lowest BCUT2D eigenvalue weighted by atomic mass is 9.91. The van der Waals surface area contributed by atoms with E-state index in [2.05, 4.69) is 18.8 Å². The van der Waals surface area contributed by atoms with Gasteiger partial charge in [-0.1, -0.05) is 13.8 Å². The Balaban J connectivity index is 2.07. The summed E-state index contributed by atoms with van der Waals surface area (Å²) in [6, 6.07) is 3.00. The maximum atomic E-state index is 12.5.